The standard InChI is InChI=1S/C15H10N2O3S2/c1-9-4-2-3-5-12(9)16-15-21-13-7-6-10(17(19)20)8-11(13)14(18)22-15/h2-8H,1H3. The van der Waals surface area contributed by atoms with Crippen molar-refractivity contribution in [3.8, 4) is 0 Å². The van der Waals surface area contributed by atoms with Gasteiger partial charge in [-0.3, -0.25) is 14.9 Å². The van der Waals surface area contributed by atoms with Crippen LogP contribution in [0.15, 0.2) is 52.3 Å². The normalized spacial score (nSPS) is 11.8. The van der Waals surface area contributed by atoms with Crippen molar-refractivity contribution in [2.75, 3.05) is 0 Å². The maximum Gasteiger partial charge on any atom is 0.270 e. The molecular formula is C15H10N2O3S2. The fourth-order valence-electron chi connectivity index (χ4n) is 1.96. The highest BCUT2D eigenvalue weighted by molar-refractivity contribution is 7.27. The van der Waals surface area contributed by atoms with Crippen LogP contribution in [0, 0.1) is 17.0 Å². The molecule has 0 aliphatic carbocycles. The van der Waals surface area contributed by atoms with E-state index in [1.807, 2.05) is 31.2 Å². The van der Waals surface area contributed by atoms with E-state index in [-0.39, 0.29) is 10.4 Å². The first-order valence-corrected chi connectivity index (χ1v) is 8.00. The molecule has 0 radical (unpaired) electrons. The van der Waals surface area contributed by atoms with Crippen LogP contribution in [0.1, 0.15) is 5.56 Å². The number of non-ortho nitro benzene ring substituents is 1. The summed E-state index contributed by atoms with van der Waals surface area (Å²) in [5, 5.41) is 11.2. The topological polar surface area (TPSA) is 72.6 Å². The quantitative estimate of drug-likeness (QED) is 0.530. The van der Waals surface area contributed by atoms with E-state index >= 15 is 0 Å². The summed E-state index contributed by atoms with van der Waals surface area (Å²) in [6.07, 6.45) is 0. The zero-order valence-corrected chi connectivity index (χ0v) is 13.1. The van der Waals surface area contributed by atoms with E-state index in [0.29, 0.717) is 14.1 Å². The maximum atomic E-state index is 12.2. The van der Waals surface area contributed by atoms with Gasteiger partial charge in [0.1, 0.15) is 0 Å². The van der Waals surface area contributed by atoms with Crippen LogP contribution < -0.4 is 8.73 Å². The van der Waals surface area contributed by atoms with Crippen LogP contribution in [0.5, 0.6) is 0 Å². The first-order chi connectivity index (χ1) is 10.5. The Kier molecular flexibility index (Phi) is 3.82. The predicted molar refractivity (Wildman–Crippen MR) is 89.0 cm³/mol. The lowest BCUT2D eigenvalue weighted by molar-refractivity contribution is -0.384. The van der Waals surface area contributed by atoms with Crippen molar-refractivity contribution >= 4 is 44.1 Å². The van der Waals surface area contributed by atoms with Crippen LogP contribution in [0.4, 0.5) is 11.4 Å². The van der Waals surface area contributed by atoms with Crippen LogP contribution >= 0.6 is 22.7 Å². The van der Waals surface area contributed by atoms with Crippen LogP contribution in [-0.2, 0) is 0 Å². The van der Waals surface area contributed by atoms with E-state index in [9.17, 15) is 14.9 Å². The Balaban J connectivity index is 2.22. The van der Waals surface area contributed by atoms with E-state index in [4.69, 9.17) is 0 Å². The number of nitro groups is 1. The summed E-state index contributed by atoms with van der Waals surface area (Å²) in [7, 11) is 0. The minimum absolute atomic E-state index is 0.0763. The first kappa shape index (κ1) is 14.6. The number of aryl methyl sites for hydroxylation is 1. The number of para-hydroxylation sites is 1. The molecule has 1 heterocycles. The van der Waals surface area contributed by atoms with Gasteiger partial charge in [-0.1, -0.05) is 29.5 Å². The van der Waals surface area contributed by atoms with Crippen LogP contribution in [-0.4, -0.2) is 4.92 Å². The Bertz CT molecular complexity index is 1010. The Morgan fingerprint density at radius 3 is 2.64 bits per heavy atom. The zero-order valence-electron chi connectivity index (χ0n) is 11.5. The largest absolute Gasteiger partial charge is 0.277 e. The molecule has 5 nitrogen and oxygen atoms in total. The minimum atomic E-state index is -0.500. The summed E-state index contributed by atoms with van der Waals surface area (Å²) < 4.78 is 1.10. The zero-order chi connectivity index (χ0) is 15.7. The molecule has 0 saturated heterocycles. The molecule has 3 rings (SSSR count). The molecule has 22 heavy (non-hydrogen) atoms. The lowest BCUT2D eigenvalue weighted by atomic mass is 10.2. The van der Waals surface area contributed by atoms with Crippen LogP contribution in [0.2, 0.25) is 0 Å². The van der Waals surface area contributed by atoms with Crippen molar-refractivity contribution in [2.45, 2.75) is 6.92 Å². The summed E-state index contributed by atoms with van der Waals surface area (Å²) in [4.78, 5) is 27.0. The molecule has 0 N–H and O–H groups in total. The molecule has 0 aliphatic heterocycles. The molecule has 0 saturated carbocycles. The summed E-state index contributed by atoms with van der Waals surface area (Å²) in [5.74, 6) is 0. The number of hydrogen-bond acceptors (Lipinski definition) is 6. The average Bonchev–Trinajstić information content (AvgIpc) is 2.49. The maximum absolute atomic E-state index is 12.2. The van der Waals surface area contributed by atoms with E-state index in [2.05, 4.69) is 4.99 Å². The third-order valence-electron chi connectivity index (χ3n) is 3.10. The average molecular weight is 330 g/mol. The summed E-state index contributed by atoms with van der Waals surface area (Å²) >= 11 is 2.36. The lowest BCUT2D eigenvalue weighted by Crippen LogP contribution is -2.04. The number of nitrogens with zero attached hydrogens (tertiary/aromatic N) is 2. The second kappa shape index (κ2) is 5.78. The van der Waals surface area contributed by atoms with Crippen molar-refractivity contribution < 1.29 is 4.92 Å². The van der Waals surface area contributed by atoms with Gasteiger partial charge in [-0.15, -0.1) is 11.3 Å². The highest BCUT2D eigenvalue weighted by Gasteiger charge is 2.09. The van der Waals surface area contributed by atoms with E-state index in [1.165, 1.54) is 23.5 Å². The molecule has 7 heteroatoms. The van der Waals surface area contributed by atoms with Crippen molar-refractivity contribution in [2.24, 2.45) is 4.99 Å². The number of nitro benzene ring substituents is 1. The van der Waals surface area contributed by atoms with Gasteiger partial charge in [-0.2, -0.15) is 0 Å². The molecule has 0 aliphatic rings. The van der Waals surface area contributed by atoms with Crippen molar-refractivity contribution in [1.82, 2.24) is 0 Å². The Labute approximate surface area is 133 Å². The Hall–Kier alpha value is -2.38. The molecule has 0 amide bonds. The third-order valence-corrected chi connectivity index (χ3v) is 5.11. The molecule has 0 spiro atoms. The Morgan fingerprint density at radius 1 is 1.14 bits per heavy atom. The van der Waals surface area contributed by atoms with Gasteiger partial charge in [-0.25, -0.2) is 4.99 Å². The molecule has 110 valence electrons. The Morgan fingerprint density at radius 2 is 1.91 bits per heavy atom. The third kappa shape index (κ3) is 2.81. The summed E-state index contributed by atoms with van der Waals surface area (Å²) in [6, 6.07) is 12.0. The summed E-state index contributed by atoms with van der Waals surface area (Å²) in [5.41, 5.74) is 1.77. The van der Waals surface area contributed by atoms with E-state index in [0.717, 1.165) is 22.6 Å². The highest BCUT2D eigenvalue weighted by atomic mass is 32.2. The van der Waals surface area contributed by atoms with Gasteiger partial charge in [0, 0.05) is 16.8 Å². The highest BCUT2D eigenvalue weighted by Crippen LogP contribution is 2.21. The fourth-order valence-corrected chi connectivity index (χ4v) is 4.00. The van der Waals surface area contributed by atoms with Crippen LogP contribution in [0.25, 0.3) is 10.1 Å². The lowest BCUT2D eigenvalue weighted by Gasteiger charge is -1.98. The second-order valence-electron chi connectivity index (χ2n) is 4.59. The number of rotatable bonds is 2. The molecule has 0 bridgehead atoms. The van der Waals surface area contributed by atoms with Gasteiger partial charge < -0.3 is 0 Å². The van der Waals surface area contributed by atoms with E-state index in [1.54, 1.807) is 6.07 Å². The second-order valence-corrected chi connectivity index (χ2v) is 6.84. The molecule has 1 aromatic heterocycles. The van der Waals surface area contributed by atoms with Gasteiger partial charge in [0.25, 0.3) is 5.69 Å². The van der Waals surface area contributed by atoms with Gasteiger partial charge in [0.15, 0.2) is 3.98 Å². The fraction of sp³-hybridized carbons (Fsp3) is 0.0667. The molecule has 0 unspecified atom stereocenters. The predicted octanol–water partition coefficient (Wildman–Crippen LogP) is 3.77. The molecule has 2 aromatic carbocycles. The minimum Gasteiger partial charge on any atom is -0.277 e. The van der Waals surface area contributed by atoms with Gasteiger partial charge in [0.2, 0.25) is 4.74 Å². The first-order valence-electron chi connectivity index (χ1n) is 6.37. The molecule has 3 aromatic rings. The number of benzene rings is 2. The molecule has 0 atom stereocenters. The molecular weight excluding hydrogens is 320 g/mol. The van der Waals surface area contributed by atoms with Gasteiger partial charge in [-0.05, 0) is 24.6 Å². The van der Waals surface area contributed by atoms with Crippen molar-refractivity contribution in [3.05, 3.63) is 71.7 Å². The van der Waals surface area contributed by atoms with Gasteiger partial charge in [0.05, 0.1) is 16.0 Å². The van der Waals surface area contributed by atoms with Crippen LogP contribution in [0.3, 0.4) is 0 Å². The number of hydrogen-bond donors (Lipinski definition) is 0. The monoisotopic (exact) mass is 330 g/mol. The smallest absolute Gasteiger partial charge is 0.270 e. The van der Waals surface area contributed by atoms with Crippen molar-refractivity contribution in [3.63, 3.8) is 0 Å². The SMILES string of the molecule is Cc1ccccc1N=c1sc(=O)c2cc([N+](=O)[O-])ccc2s1. The molecule has 0 fully saturated rings. The van der Waals surface area contributed by atoms with Crippen molar-refractivity contribution in [1.29, 1.82) is 0 Å². The van der Waals surface area contributed by atoms with Gasteiger partial charge >= 0.3 is 0 Å². The summed E-state index contributed by atoms with van der Waals surface area (Å²) in [6.45, 7) is 1.96. The number of fused-ring (bicyclic) bond motifs is 1. The van der Waals surface area contributed by atoms with E-state index < -0.39 is 4.92 Å².